The topological polar surface area (TPSA) is 15.3 Å². The predicted molar refractivity (Wildman–Crippen MR) is 80.5 cm³/mol. The van der Waals surface area contributed by atoms with E-state index in [0.717, 1.165) is 6.04 Å². The van der Waals surface area contributed by atoms with Gasteiger partial charge in [-0.05, 0) is 62.7 Å². The molecule has 2 aliphatic rings. The summed E-state index contributed by atoms with van der Waals surface area (Å²) in [5.41, 5.74) is 3.14. The molecule has 104 valence electrons. The zero-order chi connectivity index (χ0) is 12.9. The van der Waals surface area contributed by atoms with Crippen molar-refractivity contribution in [1.29, 1.82) is 0 Å². The first kappa shape index (κ1) is 13.1. The molecular formula is C17H26N2. The lowest BCUT2D eigenvalue weighted by Crippen LogP contribution is -2.29. The first-order valence-electron chi connectivity index (χ1n) is 7.94. The number of rotatable bonds is 4. The maximum atomic E-state index is 3.60. The van der Waals surface area contributed by atoms with Gasteiger partial charge in [0, 0.05) is 19.1 Å². The molecule has 0 radical (unpaired) electrons. The first-order valence-corrected chi connectivity index (χ1v) is 7.94. The Kier molecular flexibility index (Phi) is 4.52. The van der Waals surface area contributed by atoms with Crippen LogP contribution >= 0.6 is 0 Å². The molecule has 1 unspecified atom stereocenters. The summed E-state index contributed by atoms with van der Waals surface area (Å²) in [7, 11) is 0. The molecule has 1 N–H and O–H groups in total. The van der Waals surface area contributed by atoms with Crippen molar-refractivity contribution in [2.24, 2.45) is 0 Å². The van der Waals surface area contributed by atoms with Crippen molar-refractivity contribution in [3.05, 3.63) is 35.4 Å². The second kappa shape index (κ2) is 6.53. The third kappa shape index (κ3) is 3.58. The lowest BCUT2D eigenvalue weighted by Gasteiger charge is -2.20. The normalized spacial score (nSPS) is 24.1. The van der Waals surface area contributed by atoms with Crippen LogP contribution in [0.25, 0.3) is 0 Å². The van der Waals surface area contributed by atoms with Gasteiger partial charge < -0.3 is 10.2 Å². The van der Waals surface area contributed by atoms with Crippen molar-refractivity contribution in [2.75, 3.05) is 26.2 Å². The lowest BCUT2D eigenvalue weighted by molar-refractivity contribution is 0.276. The van der Waals surface area contributed by atoms with Gasteiger partial charge in [0.15, 0.2) is 0 Å². The van der Waals surface area contributed by atoms with Crippen molar-refractivity contribution in [1.82, 2.24) is 10.2 Å². The van der Waals surface area contributed by atoms with Gasteiger partial charge in [0.1, 0.15) is 0 Å². The number of benzene rings is 1. The summed E-state index contributed by atoms with van der Waals surface area (Å²) in [5, 5.41) is 3.60. The van der Waals surface area contributed by atoms with Crippen LogP contribution in [-0.2, 0) is 12.8 Å². The van der Waals surface area contributed by atoms with E-state index in [9.17, 15) is 0 Å². The van der Waals surface area contributed by atoms with Crippen molar-refractivity contribution < 1.29 is 0 Å². The van der Waals surface area contributed by atoms with E-state index >= 15 is 0 Å². The molecule has 1 saturated heterocycles. The molecule has 1 fully saturated rings. The molecule has 0 aromatic heterocycles. The number of nitrogens with zero attached hydrogens (tertiary/aromatic N) is 1. The maximum Gasteiger partial charge on any atom is 0.00680 e. The van der Waals surface area contributed by atoms with Gasteiger partial charge in [-0.1, -0.05) is 24.3 Å². The predicted octanol–water partition coefficient (Wildman–Crippen LogP) is 2.62. The van der Waals surface area contributed by atoms with Crippen LogP contribution in [0.2, 0.25) is 0 Å². The van der Waals surface area contributed by atoms with Crippen LogP contribution in [0.15, 0.2) is 24.3 Å². The molecule has 1 aromatic carbocycles. The van der Waals surface area contributed by atoms with E-state index < -0.39 is 0 Å². The van der Waals surface area contributed by atoms with Crippen molar-refractivity contribution in [2.45, 2.75) is 44.6 Å². The summed E-state index contributed by atoms with van der Waals surface area (Å²) < 4.78 is 0. The van der Waals surface area contributed by atoms with Gasteiger partial charge in [-0.25, -0.2) is 0 Å². The van der Waals surface area contributed by atoms with E-state index in [2.05, 4.69) is 34.5 Å². The highest BCUT2D eigenvalue weighted by Crippen LogP contribution is 2.16. The molecule has 1 atom stereocenters. The highest BCUT2D eigenvalue weighted by molar-refractivity contribution is 5.28. The summed E-state index contributed by atoms with van der Waals surface area (Å²) in [6.45, 7) is 5.01. The van der Waals surface area contributed by atoms with E-state index in [4.69, 9.17) is 0 Å². The van der Waals surface area contributed by atoms with Crippen LogP contribution in [0, 0.1) is 0 Å². The second-order valence-corrected chi connectivity index (χ2v) is 6.05. The standard InChI is InChI=1S/C17H26N2/c1-2-6-16-10-14-19(13-9-15(16)5-1)12-4-8-17-7-3-11-18-17/h1-2,5-6,17-18H,3-4,7-14H2. The Morgan fingerprint density at radius 1 is 1.11 bits per heavy atom. The van der Waals surface area contributed by atoms with E-state index in [1.54, 1.807) is 11.1 Å². The molecular weight excluding hydrogens is 232 g/mol. The van der Waals surface area contributed by atoms with Crippen LogP contribution < -0.4 is 5.32 Å². The molecule has 2 heteroatoms. The van der Waals surface area contributed by atoms with E-state index in [0.29, 0.717) is 0 Å². The van der Waals surface area contributed by atoms with Crippen LogP contribution in [0.3, 0.4) is 0 Å². The molecule has 2 heterocycles. The van der Waals surface area contributed by atoms with Crippen molar-refractivity contribution in [3.63, 3.8) is 0 Å². The molecule has 2 aliphatic heterocycles. The molecule has 3 rings (SSSR count). The van der Waals surface area contributed by atoms with E-state index in [1.807, 2.05) is 0 Å². The molecule has 0 spiro atoms. The van der Waals surface area contributed by atoms with Gasteiger partial charge in [0.2, 0.25) is 0 Å². The average molecular weight is 258 g/mol. The maximum absolute atomic E-state index is 3.60. The van der Waals surface area contributed by atoms with Gasteiger partial charge in [0.25, 0.3) is 0 Å². The Labute approximate surface area is 117 Å². The fourth-order valence-corrected chi connectivity index (χ4v) is 3.50. The Hall–Kier alpha value is -0.860. The minimum atomic E-state index is 0.809. The zero-order valence-corrected chi connectivity index (χ0v) is 11.9. The van der Waals surface area contributed by atoms with Crippen LogP contribution in [-0.4, -0.2) is 37.1 Å². The second-order valence-electron chi connectivity index (χ2n) is 6.05. The Morgan fingerprint density at radius 2 is 1.84 bits per heavy atom. The van der Waals surface area contributed by atoms with E-state index in [1.165, 1.54) is 64.7 Å². The first-order chi connectivity index (χ1) is 9.42. The zero-order valence-electron chi connectivity index (χ0n) is 11.9. The molecule has 0 aliphatic carbocycles. The lowest BCUT2D eigenvalue weighted by atomic mass is 10.0. The molecule has 0 amide bonds. The smallest absolute Gasteiger partial charge is 0.00680 e. The Balaban J connectivity index is 1.43. The highest BCUT2D eigenvalue weighted by Gasteiger charge is 2.16. The van der Waals surface area contributed by atoms with Crippen molar-refractivity contribution in [3.8, 4) is 0 Å². The SMILES string of the molecule is c1ccc2c(c1)CCN(CCCC1CCCN1)CC2. The van der Waals surface area contributed by atoms with Gasteiger partial charge in [0.05, 0.1) is 0 Å². The molecule has 0 bridgehead atoms. The van der Waals surface area contributed by atoms with Gasteiger partial charge in [-0.2, -0.15) is 0 Å². The fraction of sp³-hybridized carbons (Fsp3) is 0.647. The summed E-state index contributed by atoms with van der Waals surface area (Å²) >= 11 is 0. The summed E-state index contributed by atoms with van der Waals surface area (Å²) in [4.78, 5) is 2.66. The summed E-state index contributed by atoms with van der Waals surface area (Å²) in [6, 6.07) is 9.78. The van der Waals surface area contributed by atoms with Gasteiger partial charge in [-0.15, -0.1) is 0 Å². The fourth-order valence-electron chi connectivity index (χ4n) is 3.50. The Bertz CT molecular complexity index is 369. The monoisotopic (exact) mass is 258 g/mol. The van der Waals surface area contributed by atoms with Gasteiger partial charge in [-0.3, -0.25) is 0 Å². The summed E-state index contributed by atoms with van der Waals surface area (Å²) in [5.74, 6) is 0. The third-order valence-corrected chi connectivity index (χ3v) is 4.70. The van der Waals surface area contributed by atoms with Crippen molar-refractivity contribution >= 4 is 0 Å². The molecule has 1 aromatic rings. The minimum absolute atomic E-state index is 0.809. The number of hydrogen-bond acceptors (Lipinski definition) is 2. The quantitative estimate of drug-likeness (QED) is 0.893. The number of hydrogen-bond donors (Lipinski definition) is 1. The van der Waals surface area contributed by atoms with Crippen LogP contribution in [0.1, 0.15) is 36.8 Å². The summed E-state index contributed by atoms with van der Waals surface area (Å²) in [6.07, 6.45) is 7.96. The minimum Gasteiger partial charge on any atom is -0.314 e. The average Bonchev–Trinajstić information content (AvgIpc) is 2.87. The van der Waals surface area contributed by atoms with E-state index in [-0.39, 0.29) is 0 Å². The van der Waals surface area contributed by atoms with Crippen LogP contribution in [0.5, 0.6) is 0 Å². The largest absolute Gasteiger partial charge is 0.314 e. The molecule has 19 heavy (non-hydrogen) atoms. The van der Waals surface area contributed by atoms with Gasteiger partial charge >= 0.3 is 0 Å². The Morgan fingerprint density at radius 3 is 2.47 bits per heavy atom. The highest BCUT2D eigenvalue weighted by atomic mass is 15.1. The molecule has 0 saturated carbocycles. The number of fused-ring (bicyclic) bond motifs is 1. The molecule has 2 nitrogen and oxygen atoms in total. The number of nitrogens with one attached hydrogen (secondary N) is 1. The third-order valence-electron chi connectivity index (χ3n) is 4.70. The van der Waals surface area contributed by atoms with Crippen LogP contribution in [0.4, 0.5) is 0 Å².